The molecule has 8 heteroatoms. The highest BCUT2D eigenvalue weighted by Crippen LogP contribution is 2.44. The van der Waals surface area contributed by atoms with Crippen molar-refractivity contribution < 1.29 is 33.9 Å². The number of hydrogen-bond donors (Lipinski definition) is 2. The predicted molar refractivity (Wildman–Crippen MR) is 85.8 cm³/mol. The number of nitrogens with zero attached hydrogens (tertiary/aromatic N) is 1. The molecule has 25 heavy (non-hydrogen) atoms. The standard InChI is InChI=1S/C17H25NO7/c1-3-11-4-6-16(2,21)15(20)24-10-17(22)7-9-18(23)8-5-12(13(17)18)25-14(11)19/h3,12-13,21-22H,4-10H2,1-2H3. The third-order valence-corrected chi connectivity index (χ3v) is 5.77. The van der Waals surface area contributed by atoms with Crippen LogP contribution in [-0.2, 0) is 19.1 Å². The van der Waals surface area contributed by atoms with Crippen molar-refractivity contribution >= 4 is 11.9 Å². The Kier molecular flexibility index (Phi) is 4.43. The van der Waals surface area contributed by atoms with Crippen LogP contribution in [0.4, 0.5) is 0 Å². The van der Waals surface area contributed by atoms with E-state index in [1.165, 1.54) is 6.92 Å². The van der Waals surface area contributed by atoms with Crippen LogP contribution in [0.3, 0.4) is 0 Å². The van der Waals surface area contributed by atoms with Gasteiger partial charge in [0.25, 0.3) is 0 Å². The number of aliphatic hydroxyl groups is 2. The molecule has 5 atom stereocenters. The highest BCUT2D eigenvalue weighted by Gasteiger charge is 2.62. The lowest BCUT2D eigenvalue weighted by Crippen LogP contribution is -2.57. The van der Waals surface area contributed by atoms with Crippen LogP contribution in [0.15, 0.2) is 11.6 Å². The number of rotatable bonds is 0. The summed E-state index contributed by atoms with van der Waals surface area (Å²) < 4.78 is 10.1. The van der Waals surface area contributed by atoms with Crippen molar-refractivity contribution in [3.8, 4) is 0 Å². The summed E-state index contributed by atoms with van der Waals surface area (Å²) in [6.45, 7) is 3.02. The van der Waals surface area contributed by atoms with E-state index in [1.54, 1.807) is 13.0 Å². The minimum absolute atomic E-state index is 0.00527. The molecule has 3 rings (SSSR count). The molecule has 0 aromatic rings. The smallest absolute Gasteiger partial charge is 0.337 e. The number of ether oxygens (including phenoxy) is 2. The molecule has 3 aliphatic rings. The first kappa shape index (κ1) is 18.3. The van der Waals surface area contributed by atoms with Crippen LogP contribution < -0.4 is 0 Å². The Bertz CT molecular complexity index is 616. The van der Waals surface area contributed by atoms with Gasteiger partial charge in [-0.05, 0) is 26.7 Å². The van der Waals surface area contributed by atoms with Crippen LogP contribution in [0, 0.1) is 5.21 Å². The Balaban J connectivity index is 1.95. The van der Waals surface area contributed by atoms with Crippen LogP contribution >= 0.6 is 0 Å². The van der Waals surface area contributed by atoms with E-state index < -0.39 is 39.9 Å². The van der Waals surface area contributed by atoms with E-state index in [0.29, 0.717) is 12.0 Å². The number of hydroxylamine groups is 3. The normalized spacial score (nSPS) is 46.8. The molecule has 2 N–H and O–H groups in total. The average Bonchev–Trinajstić information content (AvgIpc) is 3.01. The van der Waals surface area contributed by atoms with Crippen LogP contribution in [0.2, 0.25) is 0 Å². The third-order valence-electron chi connectivity index (χ3n) is 5.77. The maximum atomic E-state index is 12.9. The monoisotopic (exact) mass is 355 g/mol. The van der Waals surface area contributed by atoms with Crippen LogP contribution in [-0.4, -0.2) is 69.8 Å². The van der Waals surface area contributed by atoms with Gasteiger partial charge in [0.2, 0.25) is 0 Å². The number of esters is 2. The summed E-state index contributed by atoms with van der Waals surface area (Å²) in [5.41, 5.74) is -3.03. The molecule has 0 bridgehead atoms. The third kappa shape index (κ3) is 3.08. The molecule has 0 aromatic heterocycles. The SMILES string of the molecule is CC=C1CCC(C)(O)C(=O)OCC2(O)CC[N+]3([O-])CCC(OC1=O)C23. The summed E-state index contributed by atoms with van der Waals surface area (Å²) in [6.07, 6.45) is 1.52. The minimum Gasteiger partial charge on any atom is -0.632 e. The molecule has 140 valence electrons. The van der Waals surface area contributed by atoms with E-state index in [1.807, 2.05) is 0 Å². The van der Waals surface area contributed by atoms with Gasteiger partial charge in [-0.1, -0.05) is 6.08 Å². The first-order valence-electron chi connectivity index (χ1n) is 8.67. The van der Waals surface area contributed by atoms with Crippen molar-refractivity contribution in [2.75, 3.05) is 19.7 Å². The van der Waals surface area contributed by atoms with Crippen LogP contribution in [0.1, 0.15) is 39.5 Å². The average molecular weight is 355 g/mol. The fourth-order valence-corrected chi connectivity index (χ4v) is 4.20. The van der Waals surface area contributed by atoms with E-state index in [9.17, 15) is 25.0 Å². The Morgan fingerprint density at radius 1 is 1.28 bits per heavy atom. The van der Waals surface area contributed by atoms with E-state index in [4.69, 9.17) is 9.47 Å². The molecular formula is C17H25NO7. The van der Waals surface area contributed by atoms with Gasteiger partial charge < -0.3 is 29.5 Å². The van der Waals surface area contributed by atoms with Gasteiger partial charge in [-0.2, -0.15) is 0 Å². The quantitative estimate of drug-likeness (QED) is 0.275. The zero-order valence-electron chi connectivity index (χ0n) is 14.6. The number of carbonyl (C=O) groups excluding carboxylic acids is 2. The van der Waals surface area contributed by atoms with Gasteiger partial charge in [-0.3, -0.25) is 0 Å². The second-order valence-corrected chi connectivity index (χ2v) is 7.59. The molecule has 3 fully saturated rings. The number of carbonyl (C=O) groups is 2. The summed E-state index contributed by atoms with van der Waals surface area (Å²) in [5.74, 6) is -1.43. The largest absolute Gasteiger partial charge is 0.632 e. The second kappa shape index (κ2) is 6.05. The number of allylic oxidation sites excluding steroid dienone is 1. The second-order valence-electron chi connectivity index (χ2n) is 7.59. The molecule has 3 aliphatic heterocycles. The zero-order chi connectivity index (χ0) is 18.5. The summed E-state index contributed by atoms with van der Waals surface area (Å²) in [4.78, 5) is 24.7. The lowest BCUT2D eigenvalue weighted by Gasteiger charge is -2.42. The van der Waals surface area contributed by atoms with Gasteiger partial charge in [0.05, 0.1) is 13.1 Å². The first-order valence-corrected chi connectivity index (χ1v) is 8.67. The summed E-state index contributed by atoms with van der Waals surface area (Å²) in [5, 5.41) is 34.2. The molecule has 5 unspecified atom stereocenters. The Morgan fingerprint density at radius 3 is 2.68 bits per heavy atom. The molecule has 8 nitrogen and oxygen atoms in total. The number of hydrogen-bond acceptors (Lipinski definition) is 7. The lowest BCUT2D eigenvalue weighted by molar-refractivity contribution is -0.884. The molecule has 3 heterocycles. The summed E-state index contributed by atoms with van der Waals surface area (Å²) in [7, 11) is 0. The van der Waals surface area contributed by atoms with E-state index in [0.717, 1.165) is 0 Å². The van der Waals surface area contributed by atoms with Gasteiger partial charge in [0.1, 0.15) is 6.61 Å². The van der Waals surface area contributed by atoms with Gasteiger partial charge >= 0.3 is 11.9 Å². The number of quaternary nitrogens is 1. The van der Waals surface area contributed by atoms with Gasteiger partial charge in [0, 0.05) is 18.4 Å². The molecule has 0 aliphatic carbocycles. The van der Waals surface area contributed by atoms with Crippen LogP contribution in [0.25, 0.3) is 0 Å². The molecule has 0 saturated carbocycles. The molecule has 3 saturated heterocycles. The Labute approximate surface area is 146 Å². The number of cyclic esters (lactones) is 1. The Morgan fingerprint density at radius 2 is 2.00 bits per heavy atom. The summed E-state index contributed by atoms with van der Waals surface area (Å²) in [6, 6.07) is -0.883. The topological polar surface area (TPSA) is 116 Å². The molecule has 0 spiro atoms. The minimum atomic E-state index is -1.79. The molecule has 0 radical (unpaired) electrons. The van der Waals surface area contributed by atoms with Crippen molar-refractivity contribution in [3.63, 3.8) is 0 Å². The molecular weight excluding hydrogens is 330 g/mol. The van der Waals surface area contributed by atoms with Crippen molar-refractivity contribution in [2.24, 2.45) is 0 Å². The van der Waals surface area contributed by atoms with Crippen molar-refractivity contribution in [1.29, 1.82) is 0 Å². The molecule has 0 amide bonds. The molecule has 0 aromatic carbocycles. The highest BCUT2D eigenvalue weighted by atomic mass is 16.6. The van der Waals surface area contributed by atoms with Gasteiger partial charge in [0.15, 0.2) is 23.3 Å². The lowest BCUT2D eigenvalue weighted by atomic mass is 9.91. The maximum absolute atomic E-state index is 12.9. The zero-order valence-corrected chi connectivity index (χ0v) is 14.6. The van der Waals surface area contributed by atoms with Crippen molar-refractivity contribution in [2.45, 2.75) is 62.9 Å². The fourth-order valence-electron chi connectivity index (χ4n) is 4.20. The van der Waals surface area contributed by atoms with E-state index in [2.05, 4.69) is 0 Å². The highest BCUT2D eigenvalue weighted by molar-refractivity contribution is 5.88. The predicted octanol–water partition coefficient (Wildman–Crippen LogP) is 0.154. The fraction of sp³-hybridized carbons (Fsp3) is 0.765. The van der Waals surface area contributed by atoms with Gasteiger partial charge in [-0.15, -0.1) is 0 Å². The van der Waals surface area contributed by atoms with Crippen molar-refractivity contribution in [1.82, 2.24) is 0 Å². The van der Waals surface area contributed by atoms with E-state index in [-0.39, 0.29) is 39.0 Å². The first-order chi connectivity index (χ1) is 11.6. The Hall–Kier alpha value is -1.48. The van der Waals surface area contributed by atoms with Crippen LogP contribution in [0.5, 0.6) is 0 Å². The van der Waals surface area contributed by atoms with Gasteiger partial charge in [-0.25, -0.2) is 9.59 Å². The summed E-state index contributed by atoms with van der Waals surface area (Å²) >= 11 is 0. The van der Waals surface area contributed by atoms with E-state index >= 15 is 0 Å². The van der Waals surface area contributed by atoms with Crippen molar-refractivity contribution in [3.05, 3.63) is 16.9 Å². The maximum Gasteiger partial charge on any atom is 0.337 e.